The molecule has 1 saturated carbocycles. The number of carboxylic acids is 1. The van der Waals surface area contributed by atoms with Crippen LogP contribution in [0.25, 0.3) is 22.3 Å². The number of carboxylic acid groups (broad SMARTS) is 1. The summed E-state index contributed by atoms with van der Waals surface area (Å²) in [6.45, 7) is 2.34. The molecule has 28 nitrogen and oxygen atoms in total. The molecule has 5 amide bonds. The molecular formula is C51H62N8O20. The monoisotopic (exact) mass is 1110 g/mol. The molecule has 5 aliphatic rings. The Morgan fingerprint density at radius 1 is 0.747 bits per heavy atom. The van der Waals surface area contributed by atoms with Crippen molar-refractivity contribution in [1.82, 2.24) is 40.6 Å². The van der Waals surface area contributed by atoms with Crippen LogP contribution in [0.5, 0.6) is 5.75 Å². The Morgan fingerprint density at radius 2 is 1.30 bits per heavy atom. The minimum absolute atomic E-state index is 0.126. The predicted molar refractivity (Wildman–Crippen MR) is 267 cm³/mol. The molecule has 1 aromatic carbocycles. The van der Waals surface area contributed by atoms with E-state index >= 15 is 0 Å². The number of aliphatic carboxylic acids is 1. The Kier molecular flexibility index (Phi) is 18.2. The first-order valence-electron chi connectivity index (χ1n) is 25.9. The number of nitrogens with zero attached hydrogens (tertiary/aromatic N) is 4. The number of carbonyl (C=O) groups excluding carboxylic acids is 8. The zero-order valence-electron chi connectivity index (χ0n) is 43.1. The summed E-state index contributed by atoms with van der Waals surface area (Å²) in [5.41, 5.74) is 2.29. The second-order valence-corrected chi connectivity index (χ2v) is 19.8. The maximum Gasteiger partial charge on any atom is 0.415 e. The van der Waals surface area contributed by atoms with E-state index in [4.69, 9.17) is 24.3 Å². The number of aryl methyl sites for hydroxylation is 1. The van der Waals surface area contributed by atoms with Crippen LogP contribution in [0.15, 0.2) is 29.1 Å². The lowest BCUT2D eigenvalue weighted by Gasteiger charge is -2.39. The summed E-state index contributed by atoms with van der Waals surface area (Å²) in [6, 6.07) is 7.60. The third-order valence-corrected chi connectivity index (χ3v) is 14.4. The summed E-state index contributed by atoms with van der Waals surface area (Å²) in [4.78, 5) is 132. The van der Waals surface area contributed by atoms with Gasteiger partial charge in [-0.15, -0.1) is 0 Å². The molecule has 28 heteroatoms. The number of benzene rings is 1. The zero-order valence-corrected chi connectivity index (χ0v) is 43.1. The molecule has 1 aliphatic carbocycles. The third-order valence-electron chi connectivity index (χ3n) is 14.4. The van der Waals surface area contributed by atoms with E-state index in [1.165, 1.54) is 19.3 Å². The first kappa shape index (κ1) is 57.5. The van der Waals surface area contributed by atoms with Crippen molar-refractivity contribution in [2.45, 2.75) is 127 Å². The molecular weight excluding hydrogens is 1040 g/mol. The maximum absolute atomic E-state index is 14.1. The van der Waals surface area contributed by atoms with E-state index in [9.17, 15) is 68.4 Å². The number of aromatic nitrogens is 2. The van der Waals surface area contributed by atoms with E-state index in [1.54, 1.807) is 27.7 Å². The number of carbonyl (C=O) groups is 9. The van der Waals surface area contributed by atoms with E-state index in [1.807, 2.05) is 28.9 Å². The van der Waals surface area contributed by atoms with Crippen molar-refractivity contribution in [3.63, 3.8) is 0 Å². The highest BCUT2D eigenvalue weighted by atomic mass is 16.6. The summed E-state index contributed by atoms with van der Waals surface area (Å²) in [5.74, 6) is -9.17. The number of aliphatic hydroxyl groups is 4. The third kappa shape index (κ3) is 14.0. The van der Waals surface area contributed by atoms with Gasteiger partial charge < -0.3 is 84.9 Å². The van der Waals surface area contributed by atoms with Crippen molar-refractivity contribution >= 4 is 64.5 Å². The Labute approximate surface area is 449 Å². The molecule has 3 fully saturated rings. The lowest BCUT2D eigenvalue weighted by atomic mass is 9.97. The number of piperidine rings is 2. The van der Waals surface area contributed by atoms with Crippen molar-refractivity contribution < 1.29 is 92.4 Å². The van der Waals surface area contributed by atoms with Gasteiger partial charge in [0.05, 0.1) is 61.8 Å². The summed E-state index contributed by atoms with van der Waals surface area (Å²) < 4.78 is 27.3. The van der Waals surface area contributed by atoms with Gasteiger partial charge in [-0.05, 0) is 80.6 Å². The number of hydrogen-bond acceptors (Lipinski definition) is 21. The number of aliphatic hydroxyl groups excluding tert-OH is 3. The molecule has 9 N–H and O–H groups in total. The van der Waals surface area contributed by atoms with Crippen molar-refractivity contribution in [2.24, 2.45) is 0 Å². The van der Waals surface area contributed by atoms with Gasteiger partial charge in [-0.1, -0.05) is 13.3 Å². The SMILES string of the molecule is CCc1c2c(nc3ccc(OC(=O)N4CCC(N5CCCCC5)CC4)cc13)-c1cc3c(c(=O)n1C2)COC1C3C1(O)CC(=O)NCC(=O)OC(O)CC(=O)NCC(=O)OC(O)CC(=O)NCC(=O)OC(O)CC(=O)NCC(=O)O. The first-order valence-corrected chi connectivity index (χ1v) is 25.9. The molecule has 6 heterocycles. The number of amides is 5. The molecule has 6 unspecified atom stereocenters. The molecule has 79 heavy (non-hydrogen) atoms. The largest absolute Gasteiger partial charge is 0.480 e. The number of pyridine rings is 2. The van der Waals surface area contributed by atoms with E-state index < -0.39 is 142 Å². The Bertz CT molecular complexity index is 2950. The highest BCUT2D eigenvalue weighted by Crippen LogP contribution is 2.59. The van der Waals surface area contributed by atoms with Crippen LogP contribution in [0, 0.1) is 0 Å². The van der Waals surface area contributed by atoms with E-state index in [0.29, 0.717) is 59.3 Å². The van der Waals surface area contributed by atoms with Crippen molar-refractivity contribution in [2.75, 3.05) is 52.4 Å². The van der Waals surface area contributed by atoms with Crippen LogP contribution in [0.1, 0.15) is 92.9 Å². The zero-order chi connectivity index (χ0) is 56.7. The molecule has 2 aromatic heterocycles. The van der Waals surface area contributed by atoms with Gasteiger partial charge in [0.15, 0.2) is 0 Å². The van der Waals surface area contributed by atoms with Crippen LogP contribution in [0.2, 0.25) is 0 Å². The Balaban J connectivity index is 0.763. The minimum atomic E-state index is -2.06. The first-order chi connectivity index (χ1) is 37.7. The van der Waals surface area contributed by atoms with Crippen molar-refractivity contribution in [1.29, 1.82) is 0 Å². The van der Waals surface area contributed by atoms with Gasteiger partial charge in [0, 0.05) is 41.6 Å². The van der Waals surface area contributed by atoms with Gasteiger partial charge in [0.2, 0.25) is 42.5 Å². The minimum Gasteiger partial charge on any atom is -0.480 e. The normalized spacial score (nSPS) is 20.4. The Hall–Kier alpha value is -7.63. The van der Waals surface area contributed by atoms with Crippen LogP contribution in [0.3, 0.4) is 0 Å². The average molecular weight is 1110 g/mol. The molecule has 426 valence electrons. The van der Waals surface area contributed by atoms with E-state index in [0.717, 1.165) is 42.4 Å². The number of fused-ring (bicyclic) bond motifs is 7. The number of hydrogen-bond donors (Lipinski definition) is 9. The smallest absolute Gasteiger partial charge is 0.415 e. The fourth-order valence-corrected chi connectivity index (χ4v) is 10.6. The predicted octanol–water partition coefficient (Wildman–Crippen LogP) is -2.14. The maximum atomic E-state index is 14.1. The number of likely N-dealkylation sites (tertiary alicyclic amines) is 2. The van der Waals surface area contributed by atoms with Gasteiger partial charge in [0.1, 0.15) is 37.5 Å². The molecule has 2 saturated heterocycles. The van der Waals surface area contributed by atoms with Gasteiger partial charge in [0.25, 0.3) is 5.56 Å². The number of nitrogens with one attached hydrogen (secondary N) is 4. The molecule has 0 radical (unpaired) electrons. The number of esters is 3. The highest BCUT2D eigenvalue weighted by molar-refractivity contribution is 5.90. The van der Waals surface area contributed by atoms with Gasteiger partial charge >= 0.3 is 30.0 Å². The second-order valence-electron chi connectivity index (χ2n) is 19.8. The fraction of sp³-hybridized carbons (Fsp3) is 0.549. The lowest BCUT2D eigenvalue weighted by molar-refractivity contribution is -0.173. The number of rotatable bonds is 22. The molecule has 0 bridgehead atoms. The highest BCUT2D eigenvalue weighted by Gasteiger charge is 2.69. The lowest BCUT2D eigenvalue weighted by Crippen LogP contribution is -2.48. The summed E-state index contributed by atoms with van der Waals surface area (Å²) >= 11 is 0. The molecule has 3 aromatic rings. The van der Waals surface area contributed by atoms with Crippen molar-refractivity contribution in [3.8, 4) is 17.1 Å². The molecule has 4 aliphatic heterocycles. The van der Waals surface area contributed by atoms with Crippen LogP contribution in [-0.4, -0.2) is 187 Å². The van der Waals surface area contributed by atoms with Gasteiger partial charge in [-0.25, -0.2) is 9.78 Å². The summed E-state index contributed by atoms with van der Waals surface area (Å²) in [6.07, 6.45) is -4.32. The molecule has 6 atom stereocenters. The molecule has 8 rings (SSSR count). The van der Waals surface area contributed by atoms with Crippen molar-refractivity contribution in [3.05, 3.63) is 56.9 Å². The Morgan fingerprint density at radius 3 is 1.86 bits per heavy atom. The topological polar surface area (TPSA) is 390 Å². The fourth-order valence-electron chi connectivity index (χ4n) is 10.6. The molecule has 0 spiro atoms. The van der Waals surface area contributed by atoms with Crippen LogP contribution in [-0.2, 0) is 76.9 Å². The van der Waals surface area contributed by atoms with Crippen LogP contribution in [0.4, 0.5) is 4.79 Å². The van der Waals surface area contributed by atoms with E-state index in [2.05, 4.69) is 19.7 Å². The van der Waals surface area contributed by atoms with Crippen LogP contribution < -0.4 is 31.6 Å². The number of ether oxygens (including phenoxy) is 5. The second kappa shape index (κ2) is 25.0. The summed E-state index contributed by atoms with van der Waals surface area (Å²) in [7, 11) is 0. The van der Waals surface area contributed by atoms with Gasteiger partial charge in [-0.3, -0.25) is 43.2 Å². The van der Waals surface area contributed by atoms with E-state index in [-0.39, 0.29) is 18.7 Å². The summed E-state index contributed by atoms with van der Waals surface area (Å²) in [5, 5.41) is 59.0. The average Bonchev–Trinajstić information content (AvgIpc) is 3.83. The van der Waals surface area contributed by atoms with Crippen LogP contribution >= 0.6 is 0 Å². The van der Waals surface area contributed by atoms with Gasteiger partial charge in [-0.2, -0.15) is 0 Å². The quantitative estimate of drug-likeness (QED) is 0.0230. The standard InChI is InChI=1S/C51H62N8O20/c1-2-28-29-14-27(76-50(73)58-12-8-26(9-13-58)57-10-4-3-5-11-57)6-7-33(29)56-47-31(28)24-59-34(47)15-30-32(49(59)72)25-75-48-46(30)51(48,74)19-38(63)55-23-45(71)79-42(68)18-37(62)54-22-44(70)78-41(67)17-36(61)53-21-43(69)77-40(66)16-35(60)52-20-39(64)65/h6-7,14-15,26,40-42,46,48,66-68,74H,2-5,8-13,16-25H2,1H3,(H,52,60)(H,53,61)(H,54,62)(H,55,63)(H,64,65).